The van der Waals surface area contributed by atoms with Crippen molar-refractivity contribution >= 4 is 28.3 Å². The fourth-order valence-electron chi connectivity index (χ4n) is 3.27. The first kappa shape index (κ1) is 17.0. The van der Waals surface area contributed by atoms with E-state index in [2.05, 4.69) is 17.4 Å². The molecule has 0 aliphatic carbocycles. The number of ketones is 1. The largest absolute Gasteiger partial charge is 0.451 e. The number of Topliss-reactive ketones (excluding diaryl/α,β-unsaturated/α-hetero) is 1. The van der Waals surface area contributed by atoms with Gasteiger partial charge in [-0.1, -0.05) is 29.8 Å². The maximum Gasteiger partial charge on any atom is 0.221 e. The van der Waals surface area contributed by atoms with E-state index in [0.717, 1.165) is 22.1 Å². The van der Waals surface area contributed by atoms with Crippen LogP contribution in [0.1, 0.15) is 39.7 Å². The molecule has 0 atom stereocenters. The van der Waals surface area contributed by atoms with Gasteiger partial charge in [-0.25, -0.2) is 0 Å². The van der Waals surface area contributed by atoms with E-state index >= 15 is 0 Å². The van der Waals surface area contributed by atoms with Crippen molar-refractivity contribution < 1.29 is 14.0 Å². The van der Waals surface area contributed by atoms with Gasteiger partial charge in [0.25, 0.3) is 0 Å². The first-order chi connectivity index (χ1) is 11.9. The van der Waals surface area contributed by atoms with Crippen LogP contribution in [-0.4, -0.2) is 11.7 Å². The molecule has 0 saturated heterocycles. The molecule has 25 heavy (non-hydrogen) atoms. The average molecular weight is 335 g/mol. The van der Waals surface area contributed by atoms with Crippen molar-refractivity contribution in [1.29, 1.82) is 0 Å². The van der Waals surface area contributed by atoms with Gasteiger partial charge in [-0.15, -0.1) is 0 Å². The van der Waals surface area contributed by atoms with Crippen LogP contribution in [0.25, 0.3) is 11.0 Å². The molecule has 0 bridgehead atoms. The third-order valence-electron chi connectivity index (χ3n) is 4.33. The van der Waals surface area contributed by atoms with Crippen molar-refractivity contribution in [3.63, 3.8) is 0 Å². The van der Waals surface area contributed by atoms with Crippen molar-refractivity contribution in [2.75, 3.05) is 5.32 Å². The molecule has 0 aliphatic heterocycles. The third kappa shape index (κ3) is 3.33. The SMILES string of the molecule is CC(=O)Nc1c(C(=O)Cc2c(C)cc(C)cc2C)oc2ccccc12. The Balaban J connectivity index is 2.04. The molecule has 0 unspecified atom stereocenters. The molecule has 2 aromatic carbocycles. The van der Waals surface area contributed by atoms with Gasteiger partial charge in [-0.3, -0.25) is 9.59 Å². The topological polar surface area (TPSA) is 59.3 Å². The molecule has 128 valence electrons. The molecule has 0 radical (unpaired) electrons. The van der Waals surface area contributed by atoms with E-state index in [-0.39, 0.29) is 23.9 Å². The van der Waals surface area contributed by atoms with Gasteiger partial charge in [0.2, 0.25) is 11.7 Å². The van der Waals surface area contributed by atoms with Gasteiger partial charge in [-0.2, -0.15) is 0 Å². The zero-order valence-electron chi connectivity index (χ0n) is 14.9. The number of hydrogen-bond donors (Lipinski definition) is 1. The first-order valence-corrected chi connectivity index (χ1v) is 8.26. The lowest BCUT2D eigenvalue weighted by Crippen LogP contribution is -2.12. The van der Waals surface area contributed by atoms with Crippen LogP contribution in [0.3, 0.4) is 0 Å². The highest BCUT2D eigenvalue weighted by atomic mass is 16.3. The zero-order chi connectivity index (χ0) is 18.1. The number of carbonyl (C=O) groups is 2. The summed E-state index contributed by atoms with van der Waals surface area (Å²) in [6.07, 6.45) is 0.240. The minimum atomic E-state index is -0.233. The first-order valence-electron chi connectivity index (χ1n) is 8.26. The molecule has 4 heteroatoms. The van der Waals surface area contributed by atoms with Crippen molar-refractivity contribution in [1.82, 2.24) is 0 Å². The summed E-state index contributed by atoms with van der Waals surface area (Å²) in [6.45, 7) is 7.48. The van der Waals surface area contributed by atoms with E-state index in [0.29, 0.717) is 11.3 Å². The Labute approximate surface area is 146 Å². The predicted molar refractivity (Wildman–Crippen MR) is 99.2 cm³/mol. The van der Waals surface area contributed by atoms with E-state index in [1.54, 1.807) is 6.07 Å². The van der Waals surface area contributed by atoms with E-state index in [4.69, 9.17) is 4.42 Å². The smallest absolute Gasteiger partial charge is 0.221 e. The third-order valence-corrected chi connectivity index (χ3v) is 4.33. The molecular formula is C21H21NO3. The van der Waals surface area contributed by atoms with Crippen molar-refractivity contribution in [2.45, 2.75) is 34.1 Å². The van der Waals surface area contributed by atoms with Crippen molar-refractivity contribution in [2.24, 2.45) is 0 Å². The summed E-state index contributed by atoms with van der Waals surface area (Å²) in [4.78, 5) is 24.5. The standard InChI is InChI=1S/C21H21NO3/c1-12-9-13(2)17(14(3)10-12)11-18(24)21-20(22-15(4)23)16-7-5-6-8-19(16)25-21/h5-10H,11H2,1-4H3,(H,22,23). The summed E-state index contributed by atoms with van der Waals surface area (Å²) >= 11 is 0. The molecule has 3 aromatic rings. The molecule has 1 amide bonds. The molecule has 0 saturated carbocycles. The summed E-state index contributed by atoms with van der Waals surface area (Å²) in [5.41, 5.74) is 5.40. The number of furan rings is 1. The Hall–Kier alpha value is -2.88. The van der Waals surface area contributed by atoms with Gasteiger partial charge in [0.1, 0.15) is 5.58 Å². The van der Waals surface area contributed by atoms with Gasteiger partial charge in [-0.05, 0) is 49.6 Å². The fourth-order valence-corrected chi connectivity index (χ4v) is 3.27. The van der Waals surface area contributed by atoms with Gasteiger partial charge in [0, 0.05) is 18.7 Å². The Morgan fingerprint density at radius 1 is 1.04 bits per heavy atom. The van der Waals surface area contributed by atoms with Crippen molar-refractivity contribution in [3.05, 3.63) is 64.4 Å². The summed E-state index contributed by atoms with van der Waals surface area (Å²) in [5.74, 6) is -0.172. The highest BCUT2D eigenvalue weighted by Crippen LogP contribution is 2.32. The lowest BCUT2D eigenvalue weighted by molar-refractivity contribution is -0.114. The van der Waals surface area contributed by atoms with Crippen LogP contribution in [0.2, 0.25) is 0 Å². The van der Waals surface area contributed by atoms with Crippen LogP contribution in [0.15, 0.2) is 40.8 Å². The van der Waals surface area contributed by atoms with Crippen molar-refractivity contribution in [3.8, 4) is 0 Å². The van der Waals surface area contributed by atoms with Crippen LogP contribution in [0.5, 0.6) is 0 Å². The number of fused-ring (bicyclic) bond motifs is 1. The van der Waals surface area contributed by atoms with Gasteiger partial charge >= 0.3 is 0 Å². The Morgan fingerprint density at radius 2 is 1.68 bits per heavy atom. The Bertz CT molecular complexity index is 959. The van der Waals surface area contributed by atoms with Crippen LogP contribution >= 0.6 is 0 Å². The molecular weight excluding hydrogens is 314 g/mol. The molecule has 0 spiro atoms. The predicted octanol–water partition coefficient (Wildman–Crippen LogP) is 4.74. The zero-order valence-corrected chi connectivity index (χ0v) is 14.9. The fraction of sp³-hybridized carbons (Fsp3) is 0.238. The number of amides is 1. The molecule has 1 heterocycles. The number of para-hydroxylation sites is 1. The molecule has 1 N–H and O–H groups in total. The van der Waals surface area contributed by atoms with Crippen LogP contribution in [0.4, 0.5) is 5.69 Å². The molecule has 3 rings (SSSR count). The van der Waals surface area contributed by atoms with E-state index in [1.807, 2.05) is 39.0 Å². The minimum Gasteiger partial charge on any atom is -0.451 e. The van der Waals surface area contributed by atoms with E-state index in [9.17, 15) is 9.59 Å². The number of benzene rings is 2. The normalized spacial score (nSPS) is 10.9. The number of hydrogen-bond acceptors (Lipinski definition) is 3. The van der Waals surface area contributed by atoms with Crippen LogP contribution in [-0.2, 0) is 11.2 Å². The highest BCUT2D eigenvalue weighted by Gasteiger charge is 2.22. The van der Waals surface area contributed by atoms with Crippen LogP contribution in [0, 0.1) is 20.8 Å². The second-order valence-corrected chi connectivity index (χ2v) is 6.46. The highest BCUT2D eigenvalue weighted by molar-refractivity contribution is 6.11. The molecule has 0 aliphatic rings. The number of anilines is 1. The van der Waals surface area contributed by atoms with Gasteiger partial charge < -0.3 is 9.73 Å². The number of rotatable bonds is 4. The second-order valence-electron chi connectivity index (χ2n) is 6.46. The summed E-state index contributed by atoms with van der Waals surface area (Å²) < 4.78 is 5.77. The maximum atomic E-state index is 12.9. The summed E-state index contributed by atoms with van der Waals surface area (Å²) in [7, 11) is 0. The van der Waals surface area contributed by atoms with E-state index < -0.39 is 0 Å². The number of carbonyl (C=O) groups excluding carboxylic acids is 2. The quantitative estimate of drug-likeness (QED) is 0.700. The lowest BCUT2D eigenvalue weighted by Gasteiger charge is -2.10. The Kier molecular flexibility index (Phi) is 4.45. The average Bonchev–Trinajstić information content (AvgIpc) is 2.89. The number of nitrogens with one attached hydrogen (secondary N) is 1. The lowest BCUT2D eigenvalue weighted by atomic mass is 9.95. The van der Waals surface area contributed by atoms with Gasteiger partial charge in [0.05, 0.1) is 5.69 Å². The Morgan fingerprint density at radius 3 is 2.32 bits per heavy atom. The maximum absolute atomic E-state index is 12.9. The number of aryl methyl sites for hydroxylation is 3. The second kappa shape index (κ2) is 6.55. The minimum absolute atomic E-state index is 0.144. The molecule has 1 aromatic heterocycles. The monoisotopic (exact) mass is 335 g/mol. The molecule has 4 nitrogen and oxygen atoms in total. The summed E-state index contributed by atoms with van der Waals surface area (Å²) in [5, 5.41) is 3.48. The van der Waals surface area contributed by atoms with E-state index in [1.165, 1.54) is 12.5 Å². The van der Waals surface area contributed by atoms with Crippen LogP contribution < -0.4 is 5.32 Å². The molecule has 0 fully saturated rings. The summed E-state index contributed by atoms with van der Waals surface area (Å²) in [6, 6.07) is 11.5. The van der Waals surface area contributed by atoms with Gasteiger partial charge in [0.15, 0.2) is 5.76 Å².